The lowest BCUT2D eigenvalue weighted by molar-refractivity contribution is -0.139. The molecule has 0 aliphatic rings. The summed E-state index contributed by atoms with van der Waals surface area (Å²) in [6.07, 6.45) is 6.84. The van der Waals surface area contributed by atoms with Crippen LogP contribution >= 0.6 is 0 Å². The van der Waals surface area contributed by atoms with Crippen molar-refractivity contribution in [2.24, 2.45) is 0 Å². The molecule has 0 saturated heterocycles. The predicted molar refractivity (Wildman–Crippen MR) is 131 cm³/mol. The van der Waals surface area contributed by atoms with Crippen LogP contribution in [0.4, 0.5) is 0 Å². The van der Waals surface area contributed by atoms with Gasteiger partial charge in [-0.05, 0) is 26.2 Å². The number of esters is 3. The van der Waals surface area contributed by atoms with Crippen LogP contribution in [-0.2, 0) is 33.4 Å². The Morgan fingerprint density at radius 2 is 1.33 bits per heavy atom. The molecule has 0 heterocycles. The van der Waals surface area contributed by atoms with Crippen molar-refractivity contribution in [2.45, 2.75) is 66.2 Å². The van der Waals surface area contributed by atoms with E-state index in [4.69, 9.17) is 9.84 Å². The molecule has 0 fully saturated rings. The Morgan fingerprint density at radius 3 is 1.55 bits per heavy atom. The first-order chi connectivity index (χ1) is 15.4. The van der Waals surface area contributed by atoms with E-state index < -0.39 is 11.9 Å². The lowest BCUT2D eigenvalue weighted by Crippen LogP contribution is -2.07. The molecule has 0 spiro atoms. The van der Waals surface area contributed by atoms with Gasteiger partial charge in [0, 0.05) is 22.8 Å². The highest BCUT2D eigenvalue weighted by Gasteiger charge is 2.04. The Hall–Kier alpha value is -3.16. The summed E-state index contributed by atoms with van der Waals surface area (Å²) in [5.74, 6) is -1.88. The first-order valence-electron chi connectivity index (χ1n) is 10.6. The number of methoxy groups -OCH3 is 2. The van der Waals surface area contributed by atoms with Gasteiger partial charge in [0.15, 0.2) is 0 Å². The molecule has 0 amide bonds. The van der Waals surface area contributed by atoms with E-state index in [2.05, 4.69) is 42.7 Å². The smallest absolute Gasteiger partial charge is 0.333 e. The van der Waals surface area contributed by atoms with Crippen LogP contribution in [0.25, 0.3) is 0 Å². The lowest BCUT2D eigenvalue weighted by atomic mass is 10.2. The molecule has 0 radical (unpaired) electrons. The average molecular weight is 471 g/mol. The Morgan fingerprint density at radius 1 is 0.818 bits per heavy atom. The number of unbranched alkanes of at least 4 members (excludes halogenated alkanes) is 3. The molecule has 0 atom stereocenters. The Kier molecular flexibility index (Phi) is 30.3. The molecule has 1 N–H and O–H groups in total. The number of carboxylic acid groups (broad SMARTS) is 1. The first-order valence-corrected chi connectivity index (χ1v) is 10.6. The van der Waals surface area contributed by atoms with Crippen LogP contribution in [0.3, 0.4) is 0 Å². The molecule has 0 aliphatic heterocycles. The highest BCUT2D eigenvalue weighted by molar-refractivity contribution is 5.87. The van der Waals surface area contributed by atoms with E-state index in [-0.39, 0.29) is 17.5 Å². The number of hydrogen-bond donors (Lipinski definition) is 1. The van der Waals surface area contributed by atoms with Gasteiger partial charge in [0.25, 0.3) is 0 Å². The van der Waals surface area contributed by atoms with E-state index in [1.54, 1.807) is 13.8 Å². The fraction of sp³-hybridized carbons (Fsp3) is 0.520. The number of carbonyl (C=O) groups excluding carboxylic acids is 3. The van der Waals surface area contributed by atoms with Crippen LogP contribution in [0.1, 0.15) is 66.2 Å². The van der Waals surface area contributed by atoms with Crippen molar-refractivity contribution in [1.82, 2.24) is 0 Å². The highest BCUT2D eigenvalue weighted by Crippen LogP contribution is 2.03. The highest BCUT2D eigenvalue weighted by atomic mass is 16.5. The fourth-order valence-corrected chi connectivity index (χ4v) is 1.35. The van der Waals surface area contributed by atoms with E-state index in [0.717, 1.165) is 18.9 Å². The van der Waals surface area contributed by atoms with Gasteiger partial charge < -0.3 is 19.3 Å². The number of carbonyl (C=O) groups is 4. The minimum atomic E-state index is -0.900. The van der Waals surface area contributed by atoms with Gasteiger partial charge in [0.1, 0.15) is 0 Å². The van der Waals surface area contributed by atoms with Gasteiger partial charge in [-0.25, -0.2) is 19.2 Å². The molecule has 190 valence electrons. The van der Waals surface area contributed by atoms with Gasteiger partial charge in [0.05, 0.1) is 20.8 Å². The third-order valence-electron chi connectivity index (χ3n) is 3.58. The maximum atomic E-state index is 11.1. The first kappa shape index (κ1) is 37.2. The Labute approximate surface area is 199 Å². The van der Waals surface area contributed by atoms with E-state index >= 15 is 0 Å². The van der Waals surface area contributed by atoms with Crippen molar-refractivity contribution >= 4 is 23.9 Å². The molecule has 0 bridgehead atoms. The summed E-state index contributed by atoms with van der Waals surface area (Å²) in [6, 6.07) is 0. The second-order valence-electron chi connectivity index (χ2n) is 6.42. The van der Waals surface area contributed by atoms with Gasteiger partial charge >= 0.3 is 23.9 Å². The lowest BCUT2D eigenvalue weighted by Gasteiger charge is -2.04. The second-order valence-corrected chi connectivity index (χ2v) is 6.42. The summed E-state index contributed by atoms with van der Waals surface area (Å²) < 4.78 is 13.4. The van der Waals surface area contributed by atoms with E-state index in [9.17, 15) is 19.2 Å². The normalized spacial score (nSPS) is 8.42. The van der Waals surface area contributed by atoms with Crippen LogP contribution in [0, 0.1) is 0 Å². The van der Waals surface area contributed by atoms with Crippen molar-refractivity contribution in [3.63, 3.8) is 0 Å². The molecule has 8 nitrogen and oxygen atoms in total. The molecule has 0 rings (SSSR count). The second kappa shape index (κ2) is 26.9. The van der Waals surface area contributed by atoms with Crippen molar-refractivity contribution < 1.29 is 38.5 Å². The molecule has 0 aromatic rings. The van der Waals surface area contributed by atoms with Gasteiger partial charge in [-0.15, -0.1) is 0 Å². The Balaban J connectivity index is -0.000000181. The molecule has 0 saturated carbocycles. The zero-order chi connectivity index (χ0) is 26.8. The van der Waals surface area contributed by atoms with Crippen molar-refractivity contribution in [1.29, 1.82) is 0 Å². The minimum absolute atomic E-state index is 0.237. The molecule has 0 aromatic carbocycles. The summed E-state index contributed by atoms with van der Waals surface area (Å²) in [5, 5.41) is 8.08. The molecule has 8 heteroatoms. The third kappa shape index (κ3) is 31.1. The quantitative estimate of drug-likeness (QED) is 0.190. The summed E-state index contributed by atoms with van der Waals surface area (Å²) in [4.78, 5) is 40.9. The van der Waals surface area contributed by atoms with Crippen LogP contribution < -0.4 is 0 Å². The average Bonchev–Trinajstić information content (AvgIpc) is 2.82. The topological polar surface area (TPSA) is 116 Å². The van der Waals surface area contributed by atoms with Gasteiger partial charge in [-0.2, -0.15) is 0 Å². The predicted octanol–water partition coefficient (Wildman–Crippen LogP) is 5.19. The number of hydrogen-bond acceptors (Lipinski definition) is 7. The zero-order valence-electron chi connectivity index (χ0n) is 21.2. The van der Waals surface area contributed by atoms with Crippen LogP contribution in [0.15, 0.2) is 49.1 Å². The van der Waals surface area contributed by atoms with Gasteiger partial charge in [-0.3, -0.25) is 0 Å². The Bertz CT molecular complexity index is 606. The summed E-state index contributed by atoms with van der Waals surface area (Å²) >= 11 is 0. The van der Waals surface area contributed by atoms with Crippen molar-refractivity contribution in [3.8, 4) is 0 Å². The SMILES string of the molecule is C=C(C)C(=O)OC.C=C(CC)C(=O)O.C=C(CC)C(=O)OCCCCCC.C=CC(=O)OC. The van der Waals surface area contributed by atoms with Gasteiger partial charge in [-0.1, -0.05) is 66.3 Å². The van der Waals surface area contributed by atoms with E-state index in [1.165, 1.54) is 27.1 Å². The summed E-state index contributed by atoms with van der Waals surface area (Å²) in [6.45, 7) is 21.4. The summed E-state index contributed by atoms with van der Waals surface area (Å²) in [7, 11) is 2.64. The molecular formula is C25H42O8. The third-order valence-corrected chi connectivity index (χ3v) is 3.58. The maximum absolute atomic E-state index is 11.1. The number of carboxylic acids is 1. The largest absolute Gasteiger partial charge is 0.478 e. The number of ether oxygens (including phenoxy) is 3. The molecule has 33 heavy (non-hydrogen) atoms. The minimum Gasteiger partial charge on any atom is -0.478 e. The number of aliphatic carboxylic acids is 1. The van der Waals surface area contributed by atoms with E-state index in [1.807, 2.05) is 6.92 Å². The van der Waals surface area contributed by atoms with Crippen LogP contribution in [-0.4, -0.2) is 49.8 Å². The standard InChI is InChI=1S/C11H20O2.2C5H8O2.C4H6O2/c1-4-6-7-8-9-13-11(12)10(3)5-2;1-4(2)5(6)7-3;1-3-4(2)5(6)7;1-3-4(5)6-2/h3-9H2,1-2H3;1H2,2-3H3;2-3H2,1H3,(H,6,7);3H,1H2,2H3. The molecule has 0 aliphatic carbocycles. The van der Waals surface area contributed by atoms with Crippen molar-refractivity contribution in [2.75, 3.05) is 20.8 Å². The van der Waals surface area contributed by atoms with Crippen molar-refractivity contribution in [3.05, 3.63) is 49.1 Å². The fourth-order valence-electron chi connectivity index (χ4n) is 1.35. The molecule has 0 unspecified atom stereocenters. The molecule has 0 aromatic heterocycles. The monoisotopic (exact) mass is 470 g/mol. The molecular weight excluding hydrogens is 428 g/mol. The van der Waals surface area contributed by atoms with Crippen LogP contribution in [0.2, 0.25) is 0 Å². The van der Waals surface area contributed by atoms with Gasteiger partial charge in [0.2, 0.25) is 0 Å². The van der Waals surface area contributed by atoms with E-state index in [0.29, 0.717) is 30.6 Å². The maximum Gasteiger partial charge on any atom is 0.333 e. The van der Waals surface area contributed by atoms with Crippen LogP contribution in [0.5, 0.6) is 0 Å². The number of rotatable bonds is 11. The zero-order valence-corrected chi connectivity index (χ0v) is 21.2. The summed E-state index contributed by atoms with van der Waals surface area (Å²) in [5.41, 5.74) is 1.26.